The summed E-state index contributed by atoms with van der Waals surface area (Å²) in [6, 6.07) is 6.16. The van der Waals surface area contributed by atoms with Crippen LogP contribution in [-0.2, 0) is 19.6 Å². The Labute approximate surface area is 173 Å². The van der Waals surface area contributed by atoms with Crippen molar-refractivity contribution in [2.45, 2.75) is 41.1 Å². The predicted octanol–water partition coefficient (Wildman–Crippen LogP) is 2.09. The van der Waals surface area contributed by atoms with Gasteiger partial charge in [-0.05, 0) is 44.0 Å². The monoisotopic (exact) mass is 438 g/mol. The molecular formula is C18H22N4O5S2. The number of nitrogens with one attached hydrogen (secondary N) is 1. The number of anilines is 1. The molecule has 1 aromatic carbocycles. The third-order valence-electron chi connectivity index (χ3n) is 4.73. The number of nitrogens with zero attached hydrogens (tertiary/aromatic N) is 3. The van der Waals surface area contributed by atoms with Gasteiger partial charge in [0.1, 0.15) is 0 Å². The summed E-state index contributed by atoms with van der Waals surface area (Å²) >= 11 is 1.20. The third-order valence-corrected chi connectivity index (χ3v) is 7.57. The summed E-state index contributed by atoms with van der Waals surface area (Å²) in [5, 5.41) is 10.7. The van der Waals surface area contributed by atoms with E-state index < -0.39 is 15.3 Å². The van der Waals surface area contributed by atoms with E-state index >= 15 is 0 Å². The zero-order chi connectivity index (χ0) is 20.4. The Kier molecular flexibility index (Phi) is 5.91. The standard InChI is InChI=1S/C18H22N4O5S2/c1-12(28-18-21-20-17(27-18)13-2-3-13)16(23)19-14-4-6-15(7-5-14)29(24,25)22-8-10-26-11-9-22/h4-7,12-13H,2-3,8-11H2,1H3,(H,19,23). The smallest absolute Gasteiger partial charge is 0.277 e. The minimum atomic E-state index is -3.56. The molecule has 1 unspecified atom stereocenters. The molecule has 1 aromatic heterocycles. The van der Waals surface area contributed by atoms with Crippen molar-refractivity contribution in [3.05, 3.63) is 30.2 Å². The molecule has 11 heteroatoms. The quantitative estimate of drug-likeness (QED) is 0.654. The van der Waals surface area contributed by atoms with E-state index in [-0.39, 0.29) is 10.8 Å². The highest BCUT2D eigenvalue weighted by atomic mass is 32.2. The molecule has 1 saturated heterocycles. The molecular weight excluding hydrogens is 416 g/mol. The first-order chi connectivity index (χ1) is 13.9. The van der Waals surface area contributed by atoms with Gasteiger partial charge in [-0.3, -0.25) is 4.79 Å². The Morgan fingerprint density at radius 3 is 2.55 bits per heavy atom. The number of carbonyl (C=O) groups excluding carboxylic acids is 1. The molecule has 0 bridgehead atoms. The van der Waals surface area contributed by atoms with Gasteiger partial charge >= 0.3 is 0 Å². The molecule has 4 rings (SSSR count). The molecule has 2 heterocycles. The maximum atomic E-state index is 12.6. The van der Waals surface area contributed by atoms with E-state index in [4.69, 9.17) is 9.15 Å². The van der Waals surface area contributed by atoms with E-state index in [9.17, 15) is 13.2 Å². The number of aromatic nitrogens is 2. The molecule has 1 amide bonds. The average Bonchev–Trinajstić information content (AvgIpc) is 3.48. The molecule has 29 heavy (non-hydrogen) atoms. The predicted molar refractivity (Wildman–Crippen MR) is 106 cm³/mol. The highest BCUT2D eigenvalue weighted by Crippen LogP contribution is 2.40. The molecule has 9 nitrogen and oxygen atoms in total. The summed E-state index contributed by atoms with van der Waals surface area (Å²) in [6.07, 6.45) is 2.14. The highest BCUT2D eigenvalue weighted by molar-refractivity contribution is 8.00. The third kappa shape index (κ3) is 4.80. The highest BCUT2D eigenvalue weighted by Gasteiger charge is 2.30. The number of morpholine rings is 1. The van der Waals surface area contributed by atoms with Gasteiger partial charge in [0.25, 0.3) is 5.22 Å². The SMILES string of the molecule is CC(Sc1nnc(C2CC2)o1)C(=O)Nc1ccc(S(=O)(=O)N2CCOCC2)cc1. The summed E-state index contributed by atoms with van der Waals surface area (Å²) in [4.78, 5) is 12.6. The number of carbonyl (C=O) groups is 1. The molecule has 1 N–H and O–H groups in total. The lowest BCUT2D eigenvalue weighted by Crippen LogP contribution is -2.40. The van der Waals surface area contributed by atoms with Crippen molar-refractivity contribution < 1.29 is 22.4 Å². The molecule has 2 fully saturated rings. The largest absolute Gasteiger partial charge is 0.416 e. The minimum Gasteiger partial charge on any atom is -0.416 e. The number of rotatable bonds is 7. The molecule has 2 aliphatic rings. The second-order valence-electron chi connectivity index (χ2n) is 6.97. The van der Waals surface area contributed by atoms with Crippen molar-refractivity contribution in [2.75, 3.05) is 31.6 Å². The van der Waals surface area contributed by atoms with Gasteiger partial charge in [0.05, 0.1) is 23.4 Å². The molecule has 1 aliphatic carbocycles. The summed E-state index contributed by atoms with van der Waals surface area (Å²) in [5.41, 5.74) is 0.521. The number of thioether (sulfide) groups is 1. The fourth-order valence-corrected chi connectivity index (χ4v) is 4.96. The first-order valence-electron chi connectivity index (χ1n) is 9.42. The first-order valence-corrected chi connectivity index (χ1v) is 11.7. The molecule has 0 spiro atoms. The number of hydrogen-bond acceptors (Lipinski definition) is 8. The number of sulfonamides is 1. The van der Waals surface area contributed by atoms with Gasteiger partial charge in [-0.15, -0.1) is 10.2 Å². The molecule has 1 aliphatic heterocycles. The number of amides is 1. The van der Waals surface area contributed by atoms with E-state index in [1.807, 2.05) is 0 Å². The minimum absolute atomic E-state index is 0.193. The lowest BCUT2D eigenvalue weighted by molar-refractivity contribution is -0.115. The van der Waals surface area contributed by atoms with Crippen LogP contribution in [-0.4, -0.2) is 60.4 Å². The molecule has 1 saturated carbocycles. The summed E-state index contributed by atoms with van der Waals surface area (Å²) in [7, 11) is -3.56. The maximum Gasteiger partial charge on any atom is 0.277 e. The Hall–Kier alpha value is -1.95. The van der Waals surface area contributed by atoms with Crippen LogP contribution in [0, 0.1) is 0 Å². The van der Waals surface area contributed by atoms with Crippen LogP contribution in [0.1, 0.15) is 31.6 Å². The molecule has 1 atom stereocenters. The second kappa shape index (κ2) is 8.42. The van der Waals surface area contributed by atoms with E-state index in [1.165, 1.54) is 28.2 Å². The van der Waals surface area contributed by atoms with Crippen molar-refractivity contribution in [3.8, 4) is 0 Å². The summed E-state index contributed by atoms with van der Waals surface area (Å²) < 4.78 is 37.5. The molecule has 156 valence electrons. The van der Waals surface area contributed by atoms with Gasteiger partial charge in [0.2, 0.25) is 21.8 Å². The van der Waals surface area contributed by atoms with E-state index in [1.54, 1.807) is 19.1 Å². The second-order valence-corrected chi connectivity index (χ2v) is 10.2. The van der Waals surface area contributed by atoms with Gasteiger partial charge in [0.15, 0.2) is 0 Å². The van der Waals surface area contributed by atoms with Crippen molar-refractivity contribution >= 4 is 33.4 Å². The van der Waals surface area contributed by atoms with E-state index in [0.717, 1.165) is 12.8 Å². The fraction of sp³-hybridized carbons (Fsp3) is 0.500. The van der Waals surface area contributed by atoms with Crippen molar-refractivity contribution in [1.82, 2.24) is 14.5 Å². The summed E-state index contributed by atoms with van der Waals surface area (Å²) in [6.45, 7) is 3.22. The summed E-state index contributed by atoms with van der Waals surface area (Å²) in [5.74, 6) is 0.773. The maximum absolute atomic E-state index is 12.6. The van der Waals surface area contributed by atoms with Gasteiger partial charge in [0, 0.05) is 24.7 Å². The van der Waals surface area contributed by atoms with Crippen LogP contribution in [0.4, 0.5) is 5.69 Å². The lowest BCUT2D eigenvalue weighted by Gasteiger charge is -2.26. The van der Waals surface area contributed by atoms with Crippen LogP contribution in [0.5, 0.6) is 0 Å². The molecule has 2 aromatic rings. The van der Waals surface area contributed by atoms with Gasteiger partial charge in [-0.2, -0.15) is 4.31 Å². The lowest BCUT2D eigenvalue weighted by atomic mass is 10.3. The van der Waals surface area contributed by atoms with Crippen LogP contribution in [0.15, 0.2) is 38.8 Å². The Balaban J connectivity index is 1.35. The van der Waals surface area contributed by atoms with Gasteiger partial charge in [-0.25, -0.2) is 8.42 Å². The van der Waals surface area contributed by atoms with Crippen LogP contribution < -0.4 is 5.32 Å². The van der Waals surface area contributed by atoms with Crippen molar-refractivity contribution in [1.29, 1.82) is 0 Å². The fourth-order valence-electron chi connectivity index (χ4n) is 2.86. The Morgan fingerprint density at radius 2 is 1.90 bits per heavy atom. The zero-order valence-electron chi connectivity index (χ0n) is 15.9. The van der Waals surface area contributed by atoms with Crippen molar-refractivity contribution in [3.63, 3.8) is 0 Å². The normalized spacial score (nSPS) is 19.1. The van der Waals surface area contributed by atoms with Crippen LogP contribution in [0.2, 0.25) is 0 Å². The first kappa shape index (κ1) is 20.3. The Bertz CT molecular complexity index is 966. The van der Waals surface area contributed by atoms with E-state index in [2.05, 4.69) is 15.5 Å². The number of ether oxygens (including phenoxy) is 1. The van der Waals surface area contributed by atoms with Crippen LogP contribution >= 0.6 is 11.8 Å². The molecule has 0 radical (unpaired) electrons. The Morgan fingerprint density at radius 1 is 1.21 bits per heavy atom. The van der Waals surface area contributed by atoms with Crippen LogP contribution in [0.3, 0.4) is 0 Å². The zero-order valence-corrected chi connectivity index (χ0v) is 17.5. The average molecular weight is 439 g/mol. The topological polar surface area (TPSA) is 115 Å². The van der Waals surface area contributed by atoms with Gasteiger partial charge < -0.3 is 14.5 Å². The van der Waals surface area contributed by atoms with E-state index in [0.29, 0.717) is 49.0 Å². The number of hydrogen-bond donors (Lipinski definition) is 1. The van der Waals surface area contributed by atoms with Crippen molar-refractivity contribution in [2.24, 2.45) is 0 Å². The van der Waals surface area contributed by atoms with Gasteiger partial charge in [-0.1, -0.05) is 11.8 Å². The number of benzene rings is 1. The van der Waals surface area contributed by atoms with Crippen LogP contribution in [0.25, 0.3) is 0 Å².